The van der Waals surface area contributed by atoms with Crippen molar-refractivity contribution in [2.24, 2.45) is 0 Å². The third-order valence-electron chi connectivity index (χ3n) is 4.65. The van der Waals surface area contributed by atoms with Crippen LogP contribution >= 0.6 is 0 Å². The molecular formula is C17H27N3O2. The average Bonchev–Trinajstić information content (AvgIpc) is 2.97. The molecule has 0 radical (unpaired) electrons. The summed E-state index contributed by atoms with van der Waals surface area (Å²) in [6.45, 7) is 5.08. The second kappa shape index (κ2) is 7.09. The highest BCUT2D eigenvalue weighted by Crippen LogP contribution is 2.22. The predicted octanol–water partition coefficient (Wildman–Crippen LogP) is 1.94. The van der Waals surface area contributed by atoms with E-state index in [1.165, 1.54) is 31.7 Å². The lowest BCUT2D eigenvalue weighted by Gasteiger charge is -2.27. The molecule has 2 rings (SSSR count). The minimum Gasteiger partial charge on any atom is -0.362 e. The number of hydrogen-bond donors (Lipinski definition) is 1. The monoisotopic (exact) mass is 305 g/mol. The van der Waals surface area contributed by atoms with Gasteiger partial charge in [0.1, 0.15) is 5.56 Å². The lowest BCUT2D eigenvalue weighted by atomic mass is 10.1. The van der Waals surface area contributed by atoms with Gasteiger partial charge in [0.25, 0.3) is 5.91 Å². The third-order valence-corrected chi connectivity index (χ3v) is 4.65. The van der Waals surface area contributed by atoms with Crippen molar-refractivity contribution in [1.29, 1.82) is 0 Å². The van der Waals surface area contributed by atoms with Crippen molar-refractivity contribution in [2.45, 2.75) is 45.6 Å². The fraction of sp³-hybridized carbons (Fsp3) is 0.647. The van der Waals surface area contributed by atoms with Crippen LogP contribution in [0, 0.1) is 13.8 Å². The number of hydrogen-bond acceptors (Lipinski definition) is 3. The summed E-state index contributed by atoms with van der Waals surface area (Å²) >= 11 is 0. The fourth-order valence-corrected chi connectivity index (χ4v) is 3.24. The van der Waals surface area contributed by atoms with Crippen molar-refractivity contribution in [1.82, 2.24) is 14.8 Å². The number of carbonyl (C=O) groups excluding carboxylic acids is 1. The van der Waals surface area contributed by atoms with E-state index in [-0.39, 0.29) is 16.9 Å². The third kappa shape index (κ3) is 3.77. The molecular weight excluding hydrogens is 278 g/mol. The van der Waals surface area contributed by atoms with Gasteiger partial charge in [-0.15, -0.1) is 0 Å². The molecule has 5 heteroatoms. The summed E-state index contributed by atoms with van der Waals surface area (Å²) in [5, 5.41) is 0. The lowest BCUT2D eigenvalue weighted by molar-refractivity contribution is 0.0772. The number of pyridine rings is 1. The van der Waals surface area contributed by atoms with Gasteiger partial charge in [-0.2, -0.15) is 0 Å². The summed E-state index contributed by atoms with van der Waals surface area (Å²) in [4.78, 5) is 31.6. The van der Waals surface area contributed by atoms with Crippen molar-refractivity contribution in [3.63, 3.8) is 0 Å². The maximum Gasteiger partial charge on any atom is 0.259 e. The molecule has 1 N–H and O–H groups in total. The van der Waals surface area contributed by atoms with E-state index in [9.17, 15) is 9.59 Å². The summed E-state index contributed by atoms with van der Waals surface area (Å²) in [6.07, 6.45) is 5.12. The number of nitrogens with one attached hydrogen (secondary N) is 1. The van der Waals surface area contributed by atoms with Gasteiger partial charge in [0.2, 0.25) is 0 Å². The molecule has 1 aliphatic rings. The topological polar surface area (TPSA) is 56.4 Å². The largest absolute Gasteiger partial charge is 0.362 e. The van der Waals surface area contributed by atoms with Gasteiger partial charge in [-0.3, -0.25) is 9.59 Å². The maximum atomic E-state index is 12.5. The fourth-order valence-electron chi connectivity index (χ4n) is 3.24. The first-order chi connectivity index (χ1) is 10.4. The highest BCUT2D eigenvalue weighted by atomic mass is 16.2. The Labute approximate surface area is 132 Å². The number of aryl methyl sites for hydroxylation is 2. The van der Waals surface area contributed by atoms with Crippen LogP contribution in [0.15, 0.2) is 10.9 Å². The Morgan fingerprint density at radius 1 is 1.23 bits per heavy atom. The number of aromatic amines is 1. The van der Waals surface area contributed by atoms with E-state index in [0.717, 1.165) is 12.2 Å². The van der Waals surface area contributed by atoms with Gasteiger partial charge < -0.3 is 14.8 Å². The zero-order chi connectivity index (χ0) is 16.3. The lowest BCUT2D eigenvalue weighted by Crippen LogP contribution is -2.40. The van der Waals surface area contributed by atoms with Crippen molar-refractivity contribution in [3.8, 4) is 0 Å². The van der Waals surface area contributed by atoms with Crippen LogP contribution in [0.1, 0.15) is 47.4 Å². The van der Waals surface area contributed by atoms with E-state index in [2.05, 4.69) is 16.9 Å². The Bertz CT molecular complexity index is 588. The first-order valence-corrected chi connectivity index (χ1v) is 8.06. The van der Waals surface area contributed by atoms with Gasteiger partial charge in [-0.1, -0.05) is 12.8 Å². The Morgan fingerprint density at radius 3 is 2.45 bits per heavy atom. The van der Waals surface area contributed by atoms with E-state index >= 15 is 0 Å². The van der Waals surface area contributed by atoms with Crippen LogP contribution in [-0.2, 0) is 0 Å². The van der Waals surface area contributed by atoms with Crippen LogP contribution in [0.4, 0.5) is 0 Å². The first-order valence-electron chi connectivity index (χ1n) is 8.06. The molecule has 0 atom stereocenters. The van der Waals surface area contributed by atoms with Crippen molar-refractivity contribution >= 4 is 5.91 Å². The Hall–Kier alpha value is -1.62. The van der Waals surface area contributed by atoms with E-state index in [0.29, 0.717) is 18.3 Å². The van der Waals surface area contributed by atoms with Gasteiger partial charge >= 0.3 is 0 Å². The van der Waals surface area contributed by atoms with Crippen LogP contribution < -0.4 is 5.43 Å². The number of amides is 1. The molecule has 122 valence electrons. The summed E-state index contributed by atoms with van der Waals surface area (Å²) in [7, 11) is 3.89. The Kier molecular flexibility index (Phi) is 5.40. The van der Waals surface area contributed by atoms with Gasteiger partial charge in [0.05, 0.1) is 0 Å². The predicted molar refractivity (Wildman–Crippen MR) is 88.4 cm³/mol. The molecule has 0 bridgehead atoms. The normalized spacial score (nSPS) is 15.5. The van der Waals surface area contributed by atoms with Gasteiger partial charge in [0.15, 0.2) is 5.43 Å². The van der Waals surface area contributed by atoms with Crippen LogP contribution in [0.3, 0.4) is 0 Å². The molecule has 1 fully saturated rings. The zero-order valence-corrected chi connectivity index (χ0v) is 14.1. The number of likely N-dealkylation sites (N-methyl/N-ethyl adjacent to an activating group) is 2. The van der Waals surface area contributed by atoms with E-state index in [1.807, 2.05) is 6.92 Å². The Morgan fingerprint density at radius 2 is 1.86 bits per heavy atom. The minimum absolute atomic E-state index is 0.196. The standard InChI is InChI=1S/C17H27N3O2/c1-12-11-15(21)16(13(2)18-12)17(22)20(4)10-9-19(3)14-7-5-6-8-14/h11,14H,5-10H2,1-4H3,(H,18,21). The van der Waals surface area contributed by atoms with Gasteiger partial charge in [0, 0.05) is 43.6 Å². The Balaban J connectivity index is 1.99. The van der Waals surface area contributed by atoms with Crippen molar-refractivity contribution < 1.29 is 4.79 Å². The molecule has 22 heavy (non-hydrogen) atoms. The van der Waals surface area contributed by atoms with Crippen molar-refractivity contribution in [3.05, 3.63) is 33.2 Å². The highest BCUT2D eigenvalue weighted by molar-refractivity contribution is 5.94. The number of aromatic nitrogens is 1. The van der Waals surface area contributed by atoms with Crippen molar-refractivity contribution in [2.75, 3.05) is 27.2 Å². The van der Waals surface area contributed by atoms with Crippen LogP contribution in [-0.4, -0.2) is 53.9 Å². The molecule has 0 aliphatic heterocycles. The molecule has 1 saturated carbocycles. The van der Waals surface area contributed by atoms with Gasteiger partial charge in [-0.25, -0.2) is 0 Å². The highest BCUT2D eigenvalue weighted by Gasteiger charge is 2.22. The van der Waals surface area contributed by atoms with E-state index in [4.69, 9.17) is 0 Å². The molecule has 1 heterocycles. The molecule has 1 amide bonds. The average molecular weight is 305 g/mol. The van der Waals surface area contributed by atoms with Crippen LogP contribution in [0.5, 0.6) is 0 Å². The summed E-state index contributed by atoms with van der Waals surface area (Å²) in [5.41, 5.74) is 1.49. The van der Waals surface area contributed by atoms with Crippen LogP contribution in [0.25, 0.3) is 0 Å². The SMILES string of the molecule is Cc1cc(=O)c(C(=O)N(C)CCN(C)C2CCCC2)c(C)[nH]1. The second-order valence-electron chi connectivity index (χ2n) is 6.46. The number of rotatable bonds is 5. The summed E-state index contributed by atoms with van der Waals surface area (Å²) < 4.78 is 0. The van der Waals surface area contributed by atoms with Crippen LogP contribution in [0.2, 0.25) is 0 Å². The minimum atomic E-state index is -0.199. The molecule has 0 saturated heterocycles. The molecule has 0 unspecified atom stereocenters. The molecule has 5 nitrogen and oxygen atoms in total. The smallest absolute Gasteiger partial charge is 0.259 e. The maximum absolute atomic E-state index is 12.5. The molecule has 1 aromatic rings. The van der Waals surface area contributed by atoms with E-state index < -0.39 is 0 Å². The van der Waals surface area contributed by atoms with E-state index in [1.54, 1.807) is 18.9 Å². The number of nitrogens with zero attached hydrogens (tertiary/aromatic N) is 2. The molecule has 0 aromatic carbocycles. The summed E-state index contributed by atoms with van der Waals surface area (Å²) in [5.74, 6) is -0.196. The zero-order valence-electron chi connectivity index (χ0n) is 14.1. The number of H-pyrrole nitrogens is 1. The molecule has 0 spiro atoms. The molecule has 1 aromatic heterocycles. The molecule has 1 aliphatic carbocycles. The first kappa shape index (κ1) is 16.7. The summed E-state index contributed by atoms with van der Waals surface area (Å²) in [6, 6.07) is 2.13. The van der Waals surface area contributed by atoms with Gasteiger partial charge in [-0.05, 0) is 33.7 Å². The second-order valence-corrected chi connectivity index (χ2v) is 6.46. The number of carbonyl (C=O) groups is 1. The quantitative estimate of drug-likeness (QED) is 0.904.